The molecule has 2 aromatic rings. The molecule has 0 bridgehead atoms. The Morgan fingerprint density at radius 2 is 1.92 bits per heavy atom. The van der Waals surface area contributed by atoms with E-state index in [2.05, 4.69) is 34.0 Å². The van der Waals surface area contributed by atoms with Gasteiger partial charge in [-0.3, -0.25) is 9.78 Å². The van der Waals surface area contributed by atoms with Crippen molar-refractivity contribution >= 4 is 23.1 Å². The summed E-state index contributed by atoms with van der Waals surface area (Å²) in [6.07, 6.45) is 5.29. The van der Waals surface area contributed by atoms with Crippen LogP contribution in [-0.2, 0) is 4.74 Å². The third-order valence-corrected chi connectivity index (χ3v) is 4.28. The van der Waals surface area contributed by atoms with Crippen molar-refractivity contribution in [3.63, 3.8) is 0 Å². The third kappa shape index (κ3) is 4.11. The van der Waals surface area contributed by atoms with E-state index in [9.17, 15) is 4.79 Å². The van der Waals surface area contributed by atoms with E-state index in [-0.39, 0.29) is 18.1 Å². The molecule has 0 aliphatic carbocycles. The van der Waals surface area contributed by atoms with Gasteiger partial charge in [0.2, 0.25) is 0 Å². The number of carbonyl (C=O) groups excluding carboxylic acids is 1. The van der Waals surface area contributed by atoms with Crippen LogP contribution in [0.15, 0.2) is 36.8 Å². The lowest BCUT2D eigenvalue weighted by atomic mass is 10.2. The molecule has 1 aliphatic heterocycles. The minimum atomic E-state index is -0.205. The van der Waals surface area contributed by atoms with E-state index in [0.717, 1.165) is 24.6 Å². The molecular weight excluding hydrogens is 330 g/mol. The van der Waals surface area contributed by atoms with Crippen LogP contribution in [-0.4, -0.2) is 55.3 Å². The Balaban J connectivity index is 1.72. The number of morpholine rings is 1. The van der Waals surface area contributed by atoms with Crippen LogP contribution in [0.5, 0.6) is 0 Å². The number of nitrogens with one attached hydrogen (secondary N) is 1. The van der Waals surface area contributed by atoms with Crippen LogP contribution in [0.2, 0.25) is 0 Å². The van der Waals surface area contributed by atoms with E-state index in [0.29, 0.717) is 11.3 Å². The van der Waals surface area contributed by atoms with Gasteiger partial charge in [0.15, 0.2) is 0 Å². The van der Waals surface area contributed by atoms with Crippen LogP contribution in [0.4, 0.5) is 17.2 Å². The molecule has 2 aromatic heterocycles. The highest BCUT2D eigenvalue weighted by atomic mass is 16.5. The van der Waals surface area contributed by atoms with Gasteiger partial charge in [0.1, 0.15) is 5.82 Å². The van der Waals surface area contributed by atoms with Gasteiger partial charge < -0.3 is 19.9 Å². The summed E-state index contributed by atoms with van der Waals surface area (Å²) in [4.78, 5) is 25.2. The fourth-order valence-corrected chi connectivity index (χ4v) is 3.14. The van der Waals surface area contributed by atoms with E-state index in [1.165, 1.54) is 0 Å². The van der Waals surface area contributed by atoms with Gasteiger partial charge in [0.05, 0.1) is 35.3 Å². The van der Waals surface area contributed by atoms with Gasteiger partial charge in [-0.05, 0) is 32.0 Å². The summed E-state index contributed by atoms with van der Waals surface area (Å²) >= 11 is 0. The maximum Gasteiger partial charge on any atom is 0.257 e. The van der Waals surface area contributed by atoms with Crippen molar-refractivity contribution in [2.75, 3.05) is 42.3 Å². The highest BCUT2D eigenvalue weighted by Gasteiger charge is 2.23. The van der Waals surface area contributed by atoms with E-state index in [1.807, 2.05) is 31.1 Å². The van der Waals surface area contributed by atoms with Gasteiger partial charge in [-0.1, -0.05) is 0 Å². The lowest BCUT2D eigenvalue weighted by Crippen LogP contribution is -2.45. The summed E-state index contributed by atoms with van der Waals surface area (Å²) in [5.41, 5.74) is 2.08. The number of hydrogen-bond acceptors (Lipinski definition) is 6. The SMILES string of the molecule is CC1CN(c2ccc(C(=O)Nc3cnccc3N(C)C)cn2)CC(C)O1. The molecule has 1 fully saturated rings. The predicted octanol–water partition coefficient (Wildman–Crippen LogP) is 2.41. The number of pyridine rings is 2. The Morgan fingerprint density at radius 1 is 1.19 bits per heavy atom. The molecule has 3 heterocycles. The molecule has 7 heteroatoms. The first-order valence-corrected chi connectivity index (χ1v) is 8.73. The molecular formula is C19H25N5O2. The topological polar surface area (TPSA) is 70.6 Å². The van der Waals surface area contributed by atoms with Crippen LogP contribution >= 0.6 is 0 Å². The Labute approximate surface area is 154 Å². The van der Waals surface area contributed by atoms with Crippen LogP contribution in [0.25, 0.3) is 0 Å². The standard InChI is InChI=1S/C19H25N5O2/c1-13-11-24(12-14(2)26-13)18-6-5-15(9-21-18)19(25)22-16-10-20-8-7-17(16)23(3)4/h5-10,13-14H,11-12H2,1-4H3,(H,22,25). The first kappa shape index (κ1) is 18.1. The van der Waals surface area contributed by atoms with Gasteiger partial charge in [-0.2, -0.15) is 0 Å². The van der Waals surface area contributed by atoms with E-state index >= 15 is 0 Å². The van der Waals surface area contributed by atoms with Crippen molar-refractivity contribution in [3.8, 4) is 0 Å². The van der Waals surface area contributed by atoms with Crippen LogP contribution in [0.3, 0.4) is 0 Å². The molecule has 0 saturated carbocycles. The normalized spacial score (nSPS) is 19.9. The Bertz CT molecular complexity index is 753. The molecule has 1 aliphatic rings. The zero-order valence-electron chi connectivity index (χ0n) is 15.6. The van der Waals surface area contributed by atoms with E-state index in [1.54, 1.807) is 24.7 Å². The highest BCUT2D eigenvalue weighted by molar-refractivity contribution is 6.05. The number of ether oxygens (including phenoxy) is 1. The van der Waals surface area contributed by atoms with Crippen molar-refractivity contribution < 1.29 is 9.53 Å². The van der Waals surface area contributed by atoms with Crippen LogP contribution in [0, 0.1) is 0 Å². The molecule has 2 unspecified atom stereocenters. The minimum Gasteiger partial charge on any atom is -0.376 e. The summed E-state index contributed by atoms with van der Waals surface area (Å²) in [6.45, 7) is 5.71. The molecule has 1 amide bonds. The molecule has 2 atom stereocenters. The number of rotatable bonds is 4. The molecule has 3 rings (SSSR count). The summed E-state index contributed by atoms with van der Waals surface area (Å²) in [5.74, 6) is 0.655. The first-order chi connectivity index (χ1) is 12.4. The average molecular weight is 355 g/mol. The second-order valence-corrected chi connectivity index (χ2v) is 6.81. The lowest BCUT2D eigenvalue weighted by Gasteiger charge is -2.36. The highest BCUT2D eigenvalue weighted by Crippen LogP contribution is 2.23. The van der Waals surface area contributed by atoms with Gasteiger partial charge in [-0.25, -0.2) is 4.98 Å². The maximum absolute atomic E-state index is 12.5. The monoisotopic (exact) mass is 355 g/mol. The predicted molar refractivity (Wildman–Crippen MR) is 103 cm³/mol. The van der Waals surface area contributed by atoms with Crippen molar-refractivity contribution in [2.45, 2.75) is 26.1 Å². The van der Waals surface area contributed by atoms with Gasteiger partial charge >= 0.3 is 0 Å². The van der Waals surface area contributed by atoms with Crippen molar-refractivity contribution in [2.24, 2.45) is 0 Å². The van der Waals surface area contributed by atoms with Crippen molar-refractivity contribution in [1.82, 2.24) is 9.97 Å². The number of anilines is 3. The molecule has 0 spiro atoms. The lowest BCUT2D eigenvalue weighted by molar-refractivity contribution is -0.00546. The minimum absolute atomic E-state index is 0.165. The number of nitrogens with zero attached hydrogens (tertiary/aromatic N) is 4. The molecule has 26 heavy (non-hydrogen) atoms. The number of amides is 1. The van der Waals surface area contributed by atoms with Gasteiger partial charge in [0, 0.05) is 39.6 Å². The second-order valence-electron chi connectivity index (χ2n) is 6.81. The first-order valence-electron chi connectivity index (χ1n) is 8.73. The van der Waals surface area contributed by atoms with Crippen LogP contribution in [0.1, 0.15) is 24.2 Å². The number of hydrogen-bond donors (Lipinski definition) is 1. The van der Waals surface area contributed by atoms with E-state index < -0.39 is 0 Å². The Morgan fingerprint density at radius 3 is 2.54 bits per heavy atom. The Hall–Kier alpha value is -2.67. The zero-order valence-corrected chi connectivity index (χ0v) is 15.6. The maximum atomic E-state index is 12.5. The number of aromatic nitrogens is 2. The zero-order chi connectivity index (χ0) is 18.7. The van der Waals surface area contributed by atoms with Crippen LogP contribution < -0.4 is 15.1 Å². The fraction of sp³-hybridized carbons (Fsp3) is 0.421. The van der Waals surface area contributed by atoms with Gasteiger partial charge in [-0.15, -0.1) is 0 Å². The molecule has 1 saturated heterocycles. The Kier molecular flexibility index (Phi) is 5.37. The van der Waals surface area contributed by atoms with Crippen molar-refractivity contribution in [3.05, 3.63) is 42.4 Å². The van der Waals surface area contributed by atoms with E-state index in [4.69, 9.17) is 4.74 Å². The number of carbonyl (C=O) groups is 1. The summed E-state index contributed by atoms with van der Waals surface area (Å²) in [7, 11) is 3.84. The fourth-order valence-electron chi connectivity index (χ4n) is 3.14. The molecule has 0 aromatic carbocycles. The molecule has 7 nitrogen and oxygen atoms in total. The smallest absolute Gasteiger partial charge is 0.257 e. The summed E-state index contributed by atoms with van der Waals surface area (Å²) < 4.78 is 5.75. The van der Waals surface area contributed by atoms with Crippen molar-refractivity contribution in [1.29, 1.82) is 0 Å². The summed E-state index contributed by atoms with van der Waals surface area (Å²) in [5, 5.41) is 2.90. The molecule has 0 radical (unpaired) electrons. The largest absolute Gasteiger partial charge is 0.376 e. The van der Waals surface area contributed by atoms with Gasteiger partial charge in [0.25, 0.3) is 5.91 Å². The average Bonchev–Trinajstić information content (AvgIpc) is 2.61. The molecule has 138 valence electrons. The quantitative estimate of drug-likeness (QED) is 0.908. The summed E-state index contributed by atoms with van der Waals surface area (Å²) in [6, 6.07) is 5.54. The second kappa shape index (κ2) is 7.70. The molecule has 1 N–H and O–H groups in total. The third-order valence-electron chi connectivity index (χ3n) is 4.28.